The zero-order valence-corrected chi connectivity index (χ0v) is 13.7. The second-order valence-electron chi connectivity index (χ2n) is 6.39. The molecule has 1 aromatic heterocycles. The third-order valence-electron chi connectivity index (χ3n) is 4.31. The van der Waals surface area contributed by atoms with Crippen LogP contribution in [0.15, 0.2) is 36.7 Å². The quantitative estimate of drug-likeness (QED) is 0.815. The summed E-state index contributed by atoms with van der Waals surface area (Å²) in [5.41, 5.74) is 2.81. The molecular weight excluding hydrogens is 286 g/mol. The summed E-state index contributed by atoms with van der Waals surface area (Å²) in [5.74, 6) is 3.13. The number of carbonyl (C=O) groups is 1. The van der Waals surface area contributed by atoms with Crippen LogP contribution in [-0.2, 0) is 11.8 Å². The van der Waals surface area contributed by atoms with Gasteiger partial charge in [0.2, 0.25) is 5.91 Å². The summed E-state index contributed by atoms with van der Waals surface area (Å²) in [4.78, 5) is 14.8. The highest BCUT2D eigenvalue weighted by atomic mass is 16.2. The maximum atomic E-state index is 13.0. The molecule has 0 bridgehead atoms. The Morgan fingerprint density at radius 2 is 2.26 bits per heavy atom. The summed E-state index contributed by atoms with van der Waals surface area (Å²) in [6.07, 6.45) is 10.2. The van der Waals surface area contributed by atoms with E-state index in [-0.39, 0.29) is 23.8 Å². The number of hydrogen-bond acceptors (Lipinski definition) is 2. The molecule has 0 spiro atoms. The van der Waals surface area contributed by atoms with Crippen molar-refractivity contribution in [3.8, 4) is 12.3 Å². The molecule has 0 unspecified atom stereocenters. The van der Waals surface area contributed by atoms with Crippen molar-refractivity contribution in [1.29, 1.82) is 0 Å². The molecule has 1 aliphatic rings. The van der Waals surface area contributed by atoms with Crippen LogP contribution in [0.2, 0.25) is 0 Å². The van der Waals surface area contributed by atoms with Crippen LogP contribution in [0.25, 0.3) is 0 Å². The van der Waals surface area contributed by atoms with Gasteiger partial charge in [0, 0.05) is 36.5 Å². The van der Waals surface area contributed by atoms with Crippen LogP contribution in [0.4, 0.5) is 5.69 Å². The molecule has 2 atom stereocenters. The lowest BCUT2D eigenvalue weighted by atomic mass is 10.1. The Hall–Kier alpha value is -2.54. The van der Waals surface area contributed by atoms with E-state index in [1.165, 1.54) is 0 Å². The van der Waals surface area contributed by atoms with Crippen LogP contribution in [-0.4, -0.2) is 21.7 Å². The Kier molecular flexibility index (Phi) is 3.96. The number of hydrogen-bond donors (Lipinski definition) is 0. The Balaban J connectivity index is 1.82. The van der Waals surface area contributed by atoms with Crippen molar-refractivity contribution in [2.45, 2.75) is 32.2 Å². The third-order valence-corrected chi connectivity index (χ3v) is 4.31. The highest BCUT2D eigenvalue weighted by Gasteiger charge is 2.47. The standard InChI is InChI=1S/C19H21N3O/c1-5-14-7-6-8-16(9-14)22(13(2)3)19(23)18-10-17(18)15-11-20-21(4)12-15/h1,6-9,11-13,17-18H,10H2,2-4H3/t17-,18+/m1/s1. The Bertz CT molecular complexity index is 769. The maximum Gasteiger partial charge on any atom is 0.230 e. The summed E-state index contributed by atoms with van der Waals surface area (Å²) in [5, 5.41) is 4.20. The van der Waals surface area contributed by atoms with E-state index < -0.39 is 0 Å². The van der Waals surface area contributed by atoms with Gasteiger partial charge in [0.1, 0.15) is 0 Å². The van der Waals surface area contributed by atoms with Gasteiger partial charge in [-0.2, -0.15) is 5.10 Å². The number of carbonyl (C=O) groups excluding carboxylic acids is 1. The summed E-state index contributed by atoms with van der Waals surface area (Å²) in [7, 11) is 1.90. The predicted octanol–water partition coefficient (Wildman–Crippen LogP) is 2.95. The first-order valence-corrected chi connectivity index (χ1v) is 7.89. The van der Waals surface area contributed by atoms with Gasteiger partial charge in [-0.1, -0.05) is 12.0 Å². The van der Waals surface area contributed by atoms with Crippen molar-refractivity contribution in [2.75, 3.05) is 4.90 Å². The minimum absolute atomic E-state index is 0.0380. The number of nitrogens with zero attached hydrogens (tertiary/aromatic N) is 3. The smallest absolute Gasteiger partial charge is 0.230 e. The van der Waals surface area contributed by atoms with Crippen molar-refractivity contribution in [3.05, 3.63) is 47.8 Å². The van der Waals surface area contributed by atoms with Crippen molar-refractivity contribution in [1.82, 2.24) is 9.78 Å². The van der Waals surface area contributed by atoms with Gasteiger partial charge < -0.3 is 4.90 Å². The number of rotatable bonds is 4. The molecule has 1 aromatic carbocycles. The van der Waals surface area contributed by atoms with Gasteiger partial charge in [0.15, 0.2) is 0 Å². The molecule has 3 rings (SSSR count). The highest BCUT2D eigenvalue weighted by molar-refractivity contribution is 5.98. The van der Waals surface area contributed by atoms with E-state index in [9.17, 15) is 4.79 Å². The molecule has 118 valence electrons. The molecular formula is C19H21N3O. The Labute approximate surface area is 137 Å². The molecule has 1 amide bonds. The van der Waals surface area contributed by atoms with Gasteiger partial charge in [0.05, 0.1) is 6.20 Å². The van der Waals surface area contributed by atoms with E-state index in [0.717, 1.165) is 23.2 Å². The SMILES string of the molecule is C#Cc1cccc(N(C(=O)[C@H]2C[C@@H]2c2cnn(C)c2)C(C)C)c1. The van der Waals surface area contributed by atoms with Crippen molar-refractivity contribution >= 4 is 11.6 Å². The molecule has 0 radical (unpaired) electrons. The summed E-state index contributed by atoms with van der Waals surface area (Å²) in [6.45, 7) is 4.06. The van der Waals surface area contributed by atoms with Gasteiger partial charge >= 0.3 is 0 Å². The van der Waals surface area contributed by atoms with Gasteiger partial charge in [-0.3, -0.25) is 9.48 Å². The average molecular weight is 307 g/mol. The largest absolute Gasteiger partial charge is 0.310 e. The molecule has 23 heavy (non-hydrogen) atoms. The zero-order valence-electron chi connectivity index (χ0n) is 13.7. The Morgan fingerprint density at radius 3 is 2.87 bits per heavy atom. The minimum atomic E-state index is 0.0380. The number of aromatic nitrogens is 2. The summed E-state index contributed by atoms with van der Waals surface area (Å²) in [6, 6.07) is 7.71. The predicted molar refractivity (Wildman–Crippen MR) is 91.1 cm³/mol. The number of terminal acetylenes is 1. The first-order chi connectivity index (χ1) is 11.0. The van der Waals surface area contributed by atoms with Crippen LogP contribution in [0.3, 0.4) is 0 Å². The van der Waals surface area contributed by atoms with E-state index in [0.29, 0.717) is 0 Å². The molecule has 0 aliphatic heterocycles. The molecule has 4 nitrogen and oxygen atoms in total. The van der Waals surface area contributed by atoms with Gasteiger partial charge in [-0.25, -0.2) is 0 Å². The van der Waals surface area contributed by atoms with Crippen molar-refractivity contribution < 1.29 is 4.79 Å². The fourth-order valence-corrected chi connectivity index (χ4v) is 3.07. The molecule has 0 N–H and O–H groups in total. The lowest BCUT2D eigenvalue weighted by Crippen LogP contribution is -2.38. The first kappa shape index (κ1) is 15.4. The zero-order chi connectivity index (χ0) is 16.6. The Morgan fingerprint density at radius 1 is 1.48 bits per heavy atom. The molecule has 1 aliphatic carbocycles. The van der Waals surface area contributed by atoms with Crippen LogP contribution >= 0.6 is 0 Å². The molecule has 2 aromatic rings. The van der Waals surface area contributed by atoms with Crippen LogP contribution in [0.5, 0.6) is 0 Å². The topological polar surface area (TPSA) is 38.1 Å². The van der Waals surface area contributed by atoms with Crippen LogP contribution < -0.4 is 4.90 Å². The van der Waals surface area contributed by atoms with E-state index in [1.807, 2.05) is 62.5 Å². The van der Waals surface area contributed by atoms with Crippen LogP contribution in [0.1, 0.15) is 37.3 Å². The number of aryl methyl sites for hydroxylation is 1. The van der Waals surface area contributed by atoms with Gasteiger partial charge in [-0.15, -0.1) is 6.42 Å². The summed E-state index contributed by atoms with van der Waals surface area (Å²) < 4.78 is 1.78. The molecule has 4 heteroatoms. The second-order valence-corrected chi connectivity index (χ2v) is 6.39. The van der Waals surface area contributed by atoms with E-state index in [4.69, 9.17) is 6.42 Å². The molecule has 1 heterocycles. The molecule has 1 fully saturated rings. The normalized spacial score (nSPS) is 19.4. The fraction of sp³-hybridized carbons (Fsp3) is 0.368. The third kappa shape index (κ3) is 3.00. The van der Waals surface area contributed by atoms with Gasteiger partial charge in [0.25, 0.3) is 0 Å². The monoisotopic (exact) mass is 307 g/mol. The number of amides is 1. The van der Waals surface area contributed by atoms with E-state index >= 15 is 0 Å². The van der Waals surface area contributed by atoms with Crippen molar-refractivity contribution in [3.63, 3.8) is 0 Å². The van der Waals surface area contributed by atoms with E-state index in [1.54, 1.807) is 4.68 Å². The highest BCUT2D eigenvalue weighted by Crippen LogP contribution is 2.49. The molecule has 0 saturated heterocycles. The lowest BCUT2D eigenvalue weighted by molar-refractivity contribution is -0.120. The lowest BCUT2D eigenvalue weighted by Gasteiger charge is -2.27. The number of anilines is 1. The van der Waals surface area contributed by atoms with Crippen LogP contribution in [0, 0.1) is 18.3 Å². The number of benzene rings is 1. The average Bonchev–Trinajstić information content (AvgIpc) is 3.22. The van der Waals surface area contributed by atoms with Crippen molar-refractivity contribution in [2.24, 2.45) is 13.0 Å². The maximum absolute atomic E-state index is 13.0. The summed E-state index contributed by atoms with van der Waals surface area (Å²) >= 11 is 0. The second kappa shape index (κ2) is 5.92. The first-order valence-electron chi connectivity index (χ1n) is 7.89. The van der Waals surface area contributed by atoms with E-state index in [2.05, 4.69) is 11.0 Å². The van der Waals surface area contributed by atoms with Gasteiger partial charge in [-0.05, 0) is 49.9 Å². The molecule has 1 saturated carbocycles. The minimum Gasteiger partial charge on any atom is -0.310 e. The fourth-order valence-electron chi connectivity index (χ4n) is 3.07.